The minimum Gasteiger partial charge on any atom is -0.508 e. The van der Waals surface area contributed by atoms with Crippen LogP contribution in [-0.4, -0.2) is 17.3 Å². The molecule has 60 valence electrons. The molecule has 0 saturated carbocycles. The van der Waals surface area contributed by atoms with Crippen LogP contribution in [0.3, 0.4) is 0 Å². The van der Waals surface area contributed by atoms with Gasteiger partial charge in [-0.25, -0.2) is 0 Å². The molecule has 0 unspecified atom stereocenters. The van der Waals surface area contributed by atoms with Crippen molar-refractivity contribution in [3.8, 4) is 11.5 Å². The highest BCUT2D eigenvalue weighted by atomic mass is 16.5. The number of ether oxygens (including phenoxy) is 1. The summed E-state index contributed by atoms with van der Waals surface area (Å²) >= 11 is 0. The molecule has 0 saturated heterocycles. The van der Waals surface area contributed by atoms with Gasteiger partial charge in [-0.1, -0.05) is 0 Å². The molecule has 0 aliphatic heterocycles. The summed E-state index contributed by atoms with van der Waals surface area (Å²) in [5, 5.41) is 17.8. The summed E-state index contributed by atoms with van der Waals surface area (Å²) in [4.78, 5) is 0. The molecule has 0 fully saturated rings. The summed E-state index contributed by atoms with van der Waals surface area (Å²) < 4.78 is 4.90. The van der Waals surface area contributed by atoms with E-state index in [1.54, 1.807) is 6.07 Å². The van der Waals surface area contributed by atoms with Gasteiger partial charge in [0.15, 0.2) is 0 Å². The molecule has 0 aliphatic carbocycles. The van der Waals surface area contributed by atoms with Crippen molar-refractivity contribution in [3.05, 3.63) is 23.8 Å². The van der Waals surface area contributed by atoms with Gasteiger partial charge in [0.1, 0.15) is 11.5 Å². The van der Waals surface area contributed by atoms with Gasteiger partial charge in [-0.05, 0) is 12.1 Å². The number of phenols is 1. The van der Waals surface area contributed by atoms with Gasteiger partial charge in [-0.3, -0.25) is 0 Å². The predicted molar refractivity (Wildman–Crippen MR) is 40.6 cm³/mol. The molecule has 1 aromatic carbocycles. The predicted octanol–water partition coefficient (Wildman–Crippen LogP) is 0.893. The maximum absolute atomic E-state index is 9.00. The first-order chi connectivity index (χ1) is 5.27. The average molecular weight is 154 g/mol. The largest absolute Gasteiger partial charge is 0.508 e. The maximum atomic E-state index is 9.00. The van der Waals surface area contributed by atoms with E-state index in [-0.39, 0.29) is 12.4 Å². The molecule has 0 aliphatic rings. The zero-order valence-corrected chi connectivity index (χ0v) is 6.24. The van der Waals surface area contributed by atoms with Crippen molar-refractivity contribution in [2.75, 3.05) is 7.11 Å². The Hall–Kier alpha value is -1.22. The Morgan fingerprint density at radius 1 is 1.45 bits per heavy atom. The molecule has 0 spiro atoms. The number of aromatic hydroxyl groups is 1. The molecule has 3 heteroatoms. The van der Waals surface area contributed by atoms with Crippen LogP contribution in [0.15, 0.2) is 18.2 Å². The Balaban J connectivity index is 3.06. The normalized spacial score (nSPS) is 9.64. The SMILES string of the molecule is COc1cc(O)ccc1CO. The molecule has 2 N–H and O–H groups in total. The van der Waals surface area contributed by atoms with Crippen LogP contribution < -0.4 is 4.74 Å². The summed E-state index contributed by atoms with van der Waals surface area (Å²) in [6.45, 7) is -0.0799. The van der Waals surface area contributed by atoms with E-state index < -0.39 is 0 Å². The molecule has 0 atom stereocenters. The number of benzene rings is 1. The summed E-state index contributed by atoms with van der Waals surface area (Å²) in [6.07, 6.45) is 0. The van der Waals surface area contributed by atoms with Gasteiger partial charge < -0.3 is 14.9 Å². The van der Waals surface area contributed by atoms with Gasteiger partial charge in [0.25, 0.3) is 0 Å². The third kappa shape index (κ3) is 1.62. The first-order valence-corrected chi connectivity index (χ1v) is 3.24. The van der Waals surface area contributed by atoms with E-state index in [1.165, 1.54) is 19.2 Å². The Bertz CT molecular complexity index is 245. The smallest absolute Gasteiger partial charge is 0.128 e. The van der Waals surface area contributed by atoms with E-state index in [0.29, 0.717) is 11.3 Å². The van der Waals surface area contributed by atoms with Gasteiger partial charge in [-0.2, -0.15) is 0 Å². The zero-order valence-electron chi connectivity index (χ0n) is 6.24. The van der Waals surface area contributed by atoms with E-state index in [4.69, 9.17) is 14.9 Å². The van der Waals surface area contributed by atoms with Crippen molar-refractivity contribution in [1.82, 2.24) is 0 Å². The molecular formula is C8H10O3. The lowest BCUT2D eigenvalue weighted by atomic mass is 10.2. The van der Waals surface area contributed by atoms with E-state index in [0.717, 1.165) is 0 Å². The van der Waals surface area contributed by atoms with Gasteiger partial charge in [0.05, 0.1) is 13.7 Å². The Kier molecular flexibility index (Phi) is 2.33. The Morgan fingerprint density at radius 2 is 2.18 bits per heavy atom. The average Bonchev–Trinajstić information content (AvgIpc) is 2.04. The molecule has 0 amide bonds. The third-order valence-electron chi connectivity index (χ3n) is 1.44. The second-order valence-electron chi connectivity index (χ2n) is 2.15. The van der Waals surface area contributed by atoms with Crippen molar-refractivity contribution >= 4 is 0 Å². The summed E-state index contributed by atoms with van der Waals surface area (Å²) in [6, 6.07) is 4.59. The molecule has 0 aromatic heterocycles. The molecule has 1 aromatic rings. The number of rotatable bonds is 2. The van der Waals surface area contributed by atoms with Crippen LogP contribution in [0, 0.1) is 0 Å². The van der Waals surface area contributed by atoms with Crippen LogP contribution in [-0.2, 0) is 6.61 Å². The molecule has 1 rings (SSSR count). The standard InChI is InChI=1S/C8H10O3/c1-11-8-4-7(10)3-2-6(8)5-9/h2-4,9-10H,5H2,1H3. The minimum atomic E-state index is -0.0799. The van der Waals surface area contributed by atoms with Gasteiger partial charge in [-0.15, -0.1) is 0 Å². The van der Waals surface area contributed by atoms with Crippen LogP contribution in [0.1, 0.15) is 5.56 Å². The van der Waals surface area contributed by atoms with Crippen LogP contribution >= 0.6 is 0 Å². The fourth-order valence-corrected chi connectivity index (χ4v) is 0.864. The fourth-order valence-electron chi connectivity index (χ4n) is 0.864. The lowest BCUT2D eigenvalue weighted by Crippen LogP contribution is -1.90. The minimum absolute atomic E-state index is 0.0799. The number of aliphatic hydroxyl groups is 1. The quantitative estimate of drug-likeness (QED) is 0.665. The molecule has 11 heavy (non-hydrogen) atoms. The van der Waals surface area contributed by atoms with Crippen molar-refractivity contribution < 1.29 is 14.9 Å². The highest BCUT2D eigenvalue weighted by Crippen LogP contribution is 2.23. The van der Waals surface area contributed by atoms with Crippen molar-refractivity contribution in [3.63, 3.8) is 0 Å². The van der Waals surface area contributed by atoms with Crippen LogP contribution in [0.2, 0.25) is 0 Å². The second-order valence-corrected chi connectivity index (χ2v) is 2.15. The lowest BCUT2D eigenvalue weighted by molar-refractivity contribution is 0.273. The third-order valence-corrected chi connectivity index (χ3v) is 1.44. The number of hydrogen-bond acceptors (Lipinski definition) is 3. The summed E-state index contributed by atoms with van der Waals surface area (Å²) in [5.74, 6) is 0.645. The van der Waals surface area contributed by atoms with Crippen LogP contribution in [0.25, 0.3) is 0 Å². The summed E-state index contributed by atoms with van der Waals surface area (Å²) in [7, 11) is 1.49. The number of hydrogen-bond donors (Lipinski definition) is 2. The lowest BCUT2D eigenvalue weighted by Gasteiger charge is -2.05. The van der Waals surface area contributed by atoms with E-state index in [9.17, 15) is 0 Å². The van der Waals surface area contributed by atoms with Gasteiger partial charge in [0.2, 0.25) is 0 Å². The van der Waals surface area contributed by atoms with Crippen molar-refractivity contribution in [2.24, 2.45) is 0 Å². The van der Waals surface area contributed by atoms with Crippen molar-refractivity contribution in [2.45, 2.75) is 6.61 Å². The molecule has 0 heterocycles. The number of aliphatic hydroxyl groups excluding tert-OH is 1. The highest BCUT2D eigenvalue weighted by Gasteiger charge is 2.01. The topological polar surface area (TPSA) is 49.7 Å². The Morgan fingerprint density at radius 3 is 2.73 bits per heavy atom. The molecule has 0 radical (unpaired) electrons. The van der Waals surface area contributed by atoms with E-state index >= 15 is 0 Å². The van der Waals surface area contributed by atoms with Gasteiger partial charge >= 0.3 is 0 Å². The van der Waals surface area contributed by atoms with E-state index in [2.05, 4.69) is 0 Å². The van der Waals surface area contributed by atoms with Crippen LogP contribution in [0.5, 0.6) is 11.5 Å². The van der Waals surface area contributed by atoms with Crippen LogP contribution in [0.4, 0.5) is 0 Å². The first-order valence-electron chi connectivity index (χ1n) is 3.24. The number of phenolic OH excluding ortho intramolecular Hbond substituents is 1. The first kappa shape index (κ1) is 7.88. The zero-order chi connectivity index (χ0) is 8.27. The van der Waals surface area contributed by atoms with Gasteiger partial charge in [0, 0.05) is 11.6 Å². The highest BCUT2D eigenvalue weighted by molar-refractivity contribution is 5.39. The monoisotopic (exact) mass is 154 g/mol. The molecule has 3 nitrogen and oxygen atoms in total. The summed E-state index contributed by atoms with van der Waals surface area (Å²) in [5.41, 5.74) is 0.672. The molecule has 0 bridgehead atoms. The molecular weight excluding hydrogens is 144 g/mol. The maximum Gasteiger partial charge on any atom is 0.128 e. The fraction of sp³-hybridized carbons (Fsp3) is 0.250. The van der Waals surface area contributed by atoms with E-state index in [1.807, 2.05) is 0 Å². The van der Waals surface area contributed by atoms with Crippen molar-refractivity contribution in [1.29, 1.82) is 0 Å². The Labute approximate surface area is 64.9 Å². The second kappa shape index (κ2) is 3.25. The number of methoxy groups -OCH3 is 1.